The predicted octanol–water partition coefficient (Wildman–Crippen LogP) is 1.95. The molecule has 0 aromatic heterocycles. The van der Waals surface area contributed by atoms with E-state index in [4.69, 9.17) is 19.9 Å². The third kappa shape index (κ3) is 5.05. The molecule has 4 heteroatoms. The van der Waals surface area contributed by atoms with Crippen LogP contribution >= 0.6 is 0 Å². The van der Waals surface area contributed by atoms with Crippen LogP contribution in [0.15, 0.2) is 18.2 Å². The SMILES string of the molecule is COc1ccc(C#CCN)cc1COCC1CCOCC1. The number of hydrogen-bond acceptors (Lipinski definition) is 4. The summed E-state index contributed by atoms with van der Waals surface area (Å²) in [6.07, 6.45) is 2.16. The fraction of sp³-hybridized carbons (Fsp3) is 0.529. The number of rotatable bonds is 5. The molecule has 0 aliphatic carbocycles. The van der Waals surface area contributed by atoms with Crippen LogP contribution in [0.4, 0.5) is 0 Å². The zero-order valence-electron chi connectivity index (χ0n) is 12.6. The molecule has 1 aliphatic heterocycles. The summed E-state index contributed by atoms with van der Waals surface area (Å²) in [4.78, 5) is 0. The van der Waals surface area contributed by atoms with Crippen LogP contribution in [-0.2, 0) is 16.1 Å². The second-order valence-electron chi connectivity index (χ2n) is 5.10. The lowest BCUT2D eigenvalue weighted by Gasteiger charge is -2.22. The van der Waals surface area contributed by atoms with E-state index in [0.717, 1.165) is 49.5 Å². The summed E-state index contributed by atoms with van der Waals surface area (Å²) in [5, 5.41) is 0. The van der Waals surface area contributed by atoms with E-state index < -0.39 is 0 Å². The summed E-state index contributed by atoms with van der Waals surface area (Å²) in [6, 6.07) is 5.86. The molecule has 0 bridgehead atoms. The van der Waals surface area contributed by atoms with Crippen LogP contribution in [0.5, 0.6) is 5.75 Å². The lowest BCUT2D eigenvalue weighted by molar-refractivity contribution is 0.0153. The molecule has 0 spiro atoms. The molecular formula is C17H23NO3. The van der Waals surface area contributed by atoms with Crippen molar-refractivity contribution in [1.82, 2.24) is 0 Å². The maximum Gasteiger partial charge on any atom is 0.124 e. The van der Waals surface area contributed by atoms with Crippen molar-refractivity contribution in [2.45, 2.75) is 19.4 Å². The van der Waals surface area contributed by atoms with E-state index >= 15 is 0 Å². The first-order valence-electron chi connectivity index (χ1n) is 7.35. The minimum absolute atomic E-state index is 0.363. The van der Waals surface area contributed by atoms with E-state index in [9.17, 15) is 0 Å². The van der Waals surface area contributed by atoms with Gasteiger partial charge in [0.1, 0.15) is 5.75 Å². The zero-order chi connectivity index (χ0) is 14.9. The summed E-state index contributed by atoms with van der Waals surface area (Å²) >= 11 is 0. The van der Waals surface area contributed by atoms with Crippen molar-refractivity contribution in [2.24, 2.45) is 11.7 Å². The van der Waals surface area contributed by atoms with Gasteiger partial charge in [0.15, 0.2) is 0 Å². The monoisotopic (exact) mass is 289 g/mol. The second kappa shape index (κ2) is 8.68. The summed E-state index contributed by atoms with van der Waals surface area (Å²) in [7, 11) is 1.67. The fourth-order valence-electron chi connectivity index (χ4n) is 2.37. The zero-order valence-corrected chi connectivity index (χ0v) is 12.6. The Morgan fingerprint density at radius 1 is 1.33 bits per heavy atom. The number of hydrogen-bond donors (Lipinski definition) is 1. The standard InChI is InChI=1S/C17H23NO3/c1-19-17-5-4-14(3-2-8-18)11-16(17)13-21-12-15-6-9-20-10-7-15/h4-5,11,15H,6-10,12-13,18H2,1H3. The van der Waals surface area contributed by atoms with Gasteiger partial charge in [-0.15, -0.1) is 0 Å². The van der Waals surface area contributed by atoms with Gasteiger partial charge in [-0.3, -0.25) is 0 Å². The van der Waals surface area contributed by atoms with Crippen molar-refractivity contribution in [3.05, 3.63) is 29.3 Å². The van der Waals surface area contributed by atoms with Crippen LogP contribution in [0, 0.1) is 17.8 Å². The molecule has 0 saturated carbocycles. The van der Waals surface area contributed by atoms with Gasteiger partial charge in [0, 0.05) is 24.3 Å². The highest BCUT2D eigenvalue weighted by Crippen LogP contribution is 2.22. The van der Waals surface area contributed by atoms with Crippen molar-refractivity contribution in [3.63, 3.8) is 0 Å². The molecule has 21 heavy (non-hydrogen) atoms. The number of benzene rings is 1. The van der Waals surface area contributed by atoms with Crippen molar-refractivity contribution in [2.75, 3.05) is 33.5 Å². The van der Waals surface area contributed by atoms with Gasteiger partial charge in [-0.05, 0) is 37.0 Å². The molecule has 0 amide bonds. The average Bonchev–Trinajstić information content (AvgIpc) is 2.54. The predicted molar refractivity (Wildman–Crippen MR) is 82.1 cm³/mol. The van der Waals surface area contributed by atoms with Crippen LogP contribution in [0.1, 0.15) is 24.0 Å². The van der Waals surface area contributed by atoms with Crippen LogP contribution in [0.3, 0.4) is 0 Å². The molecule has 1 saturated heterocycles. The maximum absolute atomic E-state index is 5.85. The molecule has 114 valence electrons. The lowest BCUT2D eigenvalue weighted by atomic mass is 10.0. The van der Waals surface area contributed by atoms with Gasteiger partial charge >= 0.3 is 0 Å². The molecule has 1 fully saturated rings. The third-order valence-electron chi connectivity index (χ3n) is 3.57. The first-order chi connectivity index (χ1) is 10.3. The fourth-order valence-corrected chi connectivity index (χ4v) is 2.37. The summed E-state index contributed by atoms with van der Waals surface area (Å²) in [6.45, 7) is 3.37. The Bertz CT molecular complexity index is 498. The Morgan fingerprint density at radius 3 is 2.86 bits per heavy atom. The Balaban J connectivity index is 1.93. The van der Waals surface area contributed by atoms with E-state index in [1.807, 2.05) is 18.2 Å². The Hall–Kier alpha value is -1.54. The van der Waals surface area contributed by atoms with Gasteiger partial charge in [-0.2, -0.15) is 0 Å². The van der Waals surface area contributed by atoms with E-state index in [0.29, 0.717) is 19.1 Å². The number of nitrogens with two attached hydrogens (primary N) is 1. The summed E-state index contributed by atoms with van der Waals surface area (Å²) < 4.78 is 16.6. The van der Waals surface area contributed by atoms with Crippen molar-refractivity contribution in [3.8, 4) is 17.6 Å². The molecule has 1 aliphatic rings. The summed E-state index contributed by atoms with van der Waals surface area (Å²) in [5.41, 5.74) is 7.36. The highest BCUT2D eigenvalue weighted by Gasteiger charge is 2.14. The molecular weight excluding hydrogens is 266 g/mol. The molecule has 4 nitrogen and oxygen atoms in total. The molecule has 0 atom stereocenters. The molecule has 1 heterocycles. The first-order valence-corrected chi connectivity index (χ1v) is 7.35. The van der Waals surface area contributed by atoms with E-state index in [-0.39, 0.29) is 0 Å². The van der Waals surface area contributed by atoms with Crippen LogP contribution in [0.25, 0.3) is 0 Å². The lowest BCUT2D eigenvalue weighted by Crippen LogP contribution is -2.20. The molecule has 1 aromatic rings. The van der Waals surface area contributed by atoms with Crippen LogP contribution in [0.2, 0.25) is 0 Å². The largest absolute Gasteiger partial charge is 0.496 e. The van der Waals surface area contributed by atoms with Crippen molar-refractivity contribution < 1.29 is 14.2 Å². The highest BCUT2D eigenvalue weighted by molar-refractivity contribution is 5.44. The number of methoxy groups -OCH3 is 1. The average molecular weight is 289 g/mol. The molecule has 2 N–H and O–H groups in total. The van der Waals surface area contributed by atoms with E-state index in [1.54, 1.807) is 7.11 Å². The van der Waals surface area contributed by atoms with E-state index in [2.05, 4.69) is 11.8 Å². The van der Waals surface area contributed by atoms with Crippen molar-refractivity contribution >= 4 is 0 Å². The first kappa shape index (κ1) is 15.8. The second-order valence-corrected chi connectivity index (χ2v) is 5.10. The Labute approximate surface area is 126 Å². The van der Waals surface area contributed by atoms with Gasteiger partial charge in [-0.25, -0.2) is 0 Å². The Morgan fingerprint density at radius 2 is 2.14 bits per heavy atom. The third-order valence-corrected chi connectivity index (χ3v) is 3.57. The molecule has 0 unspecified atom stereocenters. The Kier molecular flexibility index (Phi) is 6.55. The van der Waals surface area contributed by atoms with Crippen LogP contribution < -0.4 is 10.5 Å². The minimum atomic E-state index is 0.363. The maximum atomic E-state index is 5.85. The molecule has 1 aromatic carbocycles. The molecule has 2 rings (SSSR count). The highest BCUT2D eigenvalue weighted by atomic mass is 16.5. The van der Waals surface area contributed by atoms with Gasteiger partial charge in [0.25, 0.3) is 0 Å². The van der Waals surface area contributed by atoms with E-state index in [1.165, 1.54) is 0 Å². The smallest absolute Gasteiger partial charge is 0.124 e. The minimum Gasteiger partial charge on any atom is -0.496 e. The van der Waals surface area contributed by atoms with Gasteiger partial charge in [0.2, 0.25) is 0 Å². The van der Waals surface area contributed by atoms with Gasteiger partial charge < -0.3 is 19.9 Å². The topological polar surface area (TPSA) is 53.7 Å². The van der Waals surface area contributed by atoms with Gasteiger partial charge in [0.05, 0.1) is 26.9 Å². The van der Waals surface area contributed by atoms with Crippen LogP contribution in [-0.4, -0.2) is 33.5 Å². The summed E-state index contributed by atoms with van der Waals surface area (Å²) in [5.74, 6) is 7.33. The molecule has 0 radical (unpaired) electrons. The quantitative estimate of drug-likeness (QED) is 0.842. The normalized spacial score (nSPS) is 15.3. The number of ether oxygens (including phenoxy) is 3. The van der Waals surface area contributed by atoms with Gasteiger partial charge in [-0.1, -0.05) is 11.8 Å². The van der Waals surface area contributed by atoms with Crippen molar-refractivity contribution in [1.29, 1.82) is 0 Å².